The molecule has 0 spiro atoms. The number of hydrogen-bond donors (Lipinski definition) is 1. The maximum absolute atomic E-state index is 4.11. The summed E-state index contributed by atoms with van der Waals surface area (Å²) in [5.41, 5.74) is 1.17. The molecule has 1 aromatic heterocycles. The number of aryl methyl sites for hydroxylation is 1. The van der Waals surface area contributed by atoms with Gasteiger partial charge in [-0.1, -0.05) is 0 Å². The van der Waals surface area contributed by atoms with E-state index >= 15 is 0 Å². The Morgan fingerprint density at radius 1 is 1.31 bits per heavy atom. The maximum Gasteiger partial charge on any atom is 0.148 e. The molecular formula is C13H19N3. The summed E-state index contributed by atoms with van der Waals surface area (Å²) in [6.45, 7) is 3.15. The van der Waals surface area contributed by atoms with Crippen molar-refractivity contribution >= 4 is 5.82 Å². The molecule has 2 fully saturated rings. The molecule has 0 aliphatic heterocycles. The van der Waals surface area contributed by atoms with Crippen LogP contribution in [0.2, 0.25) is 0 Å². The van der Waals surface area contributed by atoms with Gasteiger partial charge in [-0.3, -0.25) is 0 Å². The summed E-state index contributed by atoms with van der Waals surface area (Å²) in [7, 11) is 0. The highest BCUT2D eigenvalue weighted by molar-refractivity contribution is 5.35. The molecule has 2 aliphatic carbocycles. The van der Waals surface area contributed by atoms with Gasteiger partial charge in [0.05, 0.1) is 6.20 Å². The van der Waals surface area contributed by atoms with Crippen LogP contribution in [0.25, 0.3) is 0 Å². The normalized spacial score (nSPS) is 20.1. The van der Waals surface area contributed by atoms with Crippen LogP contribution >= 0.6 is 0 Å². The fraction of sp³-hybridized carbons (Fsp3) is 0.692. The van der Waals surface area contributed by atoms with E-state index in [0.29, 0.717) is 0 Å². The van der Waals surface area contributed by atoms with E-state index in [9.17, 15) is 0 Å². The number of hydrogen-bond acceptors (Lipinski definition) is 3. The van der Waals surface area contributed by atoms with Gasteiger partial charge in [0.15, 0.2) is 0 Å². The third-order valence-corrected chi connectivity index (χ3v) is 3.77. The zero-order valence-corrected chi connectivity index (χ0v) is 9.82. The first-order valence-corrected chi connectivity index (χ1v) is 6.36. The Kier molecular flexibility index (Phi) is 2.54. The van der Waals surface area contributed by atoms with Crippen LogP contribution in [0.1, 0.15) is 31.2 Å². The van der Waals surface area contributed by atoms with Crippen LogP contribution in [-0.2, 0) is 0 Å². The Hall–Kier alpha value is -1.12. The monoisotopic (exact) mass is 217 g/mol. The van der Waals surface area contributed by atoms with Gasteiger partial charge in [0.1, 0.15) is 5.82 Å². The van der Waals surface area contributed by atoms with Crippen LogP contribution in [-0.4, -0.2) is 16.7 Å². The topological polar surface area (TPSA) is 37.8 Å². The van der Waals surface area contributed by atoms with Gasteiger partial charge >= 0.3 is 0 Å². The molecule has 0 unspecified atom stereocenters. The summed E-state index contributed by atoms with van der Waals surface area (Å²) >= 11 is 0. The summed E-state index contributed by atoms with van der Waals surface area (Å²) in [6.07, 6.45) is 7.58. The van der Waals surface area contributed by atoms with Crippen LogP contribution in [0.5, 0.6) is 0 Å². The first kappa shape index (κ1) is 10.1. The number of aromatic nitrogens is 2. The van der Waals surface area contributed by atoms with Crippen molar-refractivity contribution in [3.8, 4) is 0 Å². The highest BCUT2D eigenvalue weighted by Gasteiger charge is 2.40. The van der Waals surface area contributed by atoms with Crippen LogP contribution in [0.3, 0.4) is 0 Å². The molecule has 0 amide bonds. The van der Waals surface area contributed by atoms with Gasteiger partial charge in [0.2, 0.25) is 0 Å². The molecule has 0 atom stereocenters. The lowest BCUT2D eigenvalue weighted by Gasteiger charge is -2.16. The minimum Gasteiger partial charge on any atom is -0.368 e. The molecule has 1 N–H and O–H groups in total. The summed E-state index contributed by atoms with van der Waals surface area (Å²) in [4.78, 5) is 0. The zero-order valence-electron chi connectivity index (χ0n) is 9.82. The average Bonchev–Trinajstić information content (AvgIpc) is 3.13. The second-order valence-corrected chi connectivity index (χ2v) is 5.34. The van der Waals surface area contributed by atoms with E-state index in [2.05, 4.69) is 28.5 Å². The van der Waals surface area contributed by atoms with Crippen molar-refractivity contribution in [2.75, 3.05) is 11.9 Å². The van der Waals surface area contributed by atoms with Crippen molar-refractivity contribution in [3.63, 3.8) is 0 Å². The highest BCUT2D eigenvalue weighted by Crippen LogP contribution is 2.49. The van der Waals surface area contributed by atoms with Crippen molar-refractivity contribution < 1.29 is 0 Å². The maximum atomic E-state index is 4.11. The second kappa shape index (κ2) is 4.04. The van der Waals surface area contributed by atoms with Crippen LogP contribution in [0.15, 0.2) is 12.3 Å². The van der Waals surface area contributed by atoms with Crippen molar-refractivity contribution in [1.29, 1.82) is 0 Å². The van der Waals surface area contributed by atoms with E-state index in [1.54, 1.807) is 6.20 Å². The Balaban J connectivity index is 1.58. The molecule has 1 heterocycles. The van der Waals surface area contributed by atoms with Crippen molar-refractivity contribution in [2.45, 2.75) is 32.6 Å². The quantitative estimate of drug-likeness (QED) is 0.824. The largest absolute Gasteiger partial charge is 0.368 e. The summed E-state index contributed by atoms with van der Waals surface area (Å²) < 4.78 is 0. The molecule has 3 heteroatoms. The number of anilines is 1. The van der Waals surface area contributed by atoms with Crippen LogP contribution in [0.4, 0.5) is 5.82 Å². The van der Waals surface area contributed by atoms with E-state index in [1.807, 2.05) is 0 Å². The smallest absolute Gasteiger partial charge is 0.148 e. The standard InChI is InChI=1S/C13H19N3/c1-9-6-13(16-15-7-9)14-8-12(10-2-3-10)11-4-5-11/h6-7,10-12H,2-5,8H2,1H3,(H,14,16). The molecule has 3 rings (SSSR count). The molecule has 2 saturated carbocycles. The Morgan fingerprint density at radius 3 is 2.56 bits per heavy atom. The van der Waals surface area contributed by atoms with Gasteiger partial charge in [-0.2, -0.15) is 5.10 Å². The molecule has 16 heavy (non-hydrogen) atoms. The number of nitrogens with one attached hydrogen (secondary N) is 1. The zero-order chi connectivity index (χ0) is 11.0. The molecule has 1 aromatic rings. The Labute approximate surface area is 96.7 Å². The van der Waals surface area contributed by atoms with Gasteiger partial charge in [-0.25, -0.2) is 0 Å². The SMILES string of the molecule is Cc1cnnc(NCC(C2CC2)C2CC2)c1. The minimum absolute atomic E-state index is 0.891. The predicted molar refractivity (Wildman–Crippen MR) is 64.2 cm³/mol. The Morgan fingerprint density at radius 2 is 2.00 bits per heavy atom. The average molecular weight is 217 g/mol. The van der Waals surface area contributed by atoms with Gasteiger partial charge in [-0.05, 0) is 62.0 Å². The van der Waals surface area contributed by atoms with E-state index < -0.39 is 0 Å². The fourth-order valence-electron chi connectivity index (χ4n) is 2.54. The Bertz CT molecular complexity index is 357. The van der Waals surface area contributed by atoms with Crippen molar-refractivity contribution in [2.24, 2.45) is 17.8 Å². The lowest BCUT2D eigenvalue weighted by Crippen LogP contribution is -2.19. The first-order chi connectivity index (χ1) is 7.83. The van der Waals surface area contributed by atoms with Gasteiger partial charge < -0.3 is 5.32 Å². The second-order valence-electron chi connectivity index (χ2n) is 5.34. The summed E-state index contributed by atoms with van der Waals surface area (Å²) in [5, 5.41) is 11.5. The highest BCUT2D eigenvalue weighted by atomic mass is 15.2. The minimum atomic E-state index is 0.891. The number of nitrogens with zero attached hydrogens (tertiary/aromatic N) is 2. The lowest BCUT2D eigenvalue weighted by atomic mass is 9.98. The summed E-state index contributed by atoms with van der Waals surface area (Å²) in [5.74, 6) is 3.82. The van der Waals surface area contributed by atoms with Crippen LogP contribution < -0.4 is 5.32 Å². The first-order valence-electron chi connectivity index (χ1n) is 6.36. The summed E-state index contributed by atoms with van der Waals surface area (Å²) in [6, 6.07) is 2.07. The molecule has 3 nitrogen and oxygen atoms in total. The molecule has 86 valence electrons. The van der Waals surface area contributed by atoms with Crippen molar-refractivity contribution in [1.82, 2.24) is 10.2 Å². The van der Waals surface area contributed by atoms with Gasteiger partial charge in [0.25, 0.3) is 0 Å². The van der Waals surface area contributed by atoms with E-state index in [4.69, 9.17) is 0 Å². The predicted octanol–water partition coefficient (Wildman–Crippen LogP) is 2.63. The van der Waals surface area contributed by atoms with Gasteiger partial charge in [-0.15, -0.1) is 5.10 Å². The van der Waals surface area contributed by atoms with Gasteiger partial charge in [0, 0.05) is 6.54 Å². The third kappa shape index (κ3) is 2.34. The lowest BCUT2D eigenvalue weighted by molar-refractivity contribution is 0.427. The molecule has 2 aliphatic rings. The van der Waals surface area contributed by atoms with Crippen molar-refractivity contribution in [3.05, 3.63) is 17.8 Å². The van der Waals surface area contributed by atoms with E-state index in [1.165, 1.54) is 31.2 Å². The molecule has 0 bridgehead atoms. The van der Waals surface area contributed by atoms with Crippen LogP contribution in [0, 0.1) is 24.7 Å². The molecule has 0 aromatic carbocycles. The fourth-order valence-corrected chi connectivity index (χ4v) is 2.54. The van der Waals surface area contributed by atoms with E-state index in [-0.39, 0.29) is 0 Å². The molecule has 0 radical (unpaired) electrons. The number of rotatable bonds is 5. The third-order valence-electron chi connectivity index (χ3n) is 3.77. The molecule has 0 saturated heterocycles. The van der Waals surface area contributed by atoms with E-state index in [0.717, 1.165) is 30.1 Å². The molecular weight excluding hydrogens is 198 g/mol.